The van der Waals surface area contributed by atoms with Gasteiger partial charge < -0.3 is 0 Å². The minimum Gasteiger partial charge on any atom is -0.195 e. The average molecular weight is 325 g/mol. The van der Waals surface area contributed by atoms with Crippen LogP contribution in [0.5, 0.6) is 0 Å². The maximum Gasteiger partial charge on any atom is 0.282 e. The zero-order chi connectivity index (χ0) is 12.3. The molecule has 6 heteroatoms. The highest BCUT2D eigenvalue weighted by atomic mass is 79.9. The number of nitrogens with zero attached hydrogens (tertiary/aromatic N) is 2. The first-order valence-electron chi connectivity index (χ1n) is 6.49. The van der Waals surface area contributed by atoms with Gasteiger partial charge in [0.15, 0.2) is 0 Å². The lowest BCUT2D eigenvalue weighted by Gasteiger charge is -2.40. The van der Waals surface area contributed by atoms with Crippen molar-refractivity contribution in [1.29, 1.82) is 0 Å². The molecular weight excluding hydrogens is 304 g/mol. The van der Waals surface area contributed by atoms with E-state index in [2.05, 4.69) is 15.9 Å². The molecule has 0 N–H and O–H groups in total. The fraction of sp³-hybridized carbons (Fsp3) is 1.00. The molecule has 1 saturated heterocycles. The summed E-state index contributed by atoms with van der Waals surface area (Å²) in [6.07, 6.45) is 6.39. The Morgan fingerprint density at radius 3 is 2.24 bits per heavy atom. The first kappa shape index (κ1) is 13.8. The Hall–Kier alpha value is 0.350. The van der Waals surface area contributed by atoms with Gasteiger partial charge in [-0.05, 0) is 25.7 Å². The third kappa shape index (κ3) is 3.03. The summed E-state index contributed by atoms with van der Waals surface area (Å²) in [5.74, 6) is 0. The van der Waals surface area contributed by atoms with Crippen molar-refractivity contribution in [2.45, 2.75) is 44.6 Å². The standard InChI is InChI=1S/C11H21BrN2O2S/c12-7-10-14(11-5-4-6-11)17(15,16)13-8-2-1-3-9-13/h11H,1-10H2. The zero-order valence-corrected chi connectivity index (χ0v) is 12.5. The fourth-order valence-electron chi connectivity index (χ4n) is 2.49. The minimum absolute atomic E-state index is 0.250. The Kier molecular flexibility index (Phi) is 4.86. The molecule has 0 unspecified atom stereocenters. The summed E-state index contributed by atoms with van der Waals surface area (Å²) in [7, 11) is -3.21. The molecule has 0 aromatic heterocycles. The van der Waals surface area contributed by atoms with Gasteiger partial charge in [0.2, 0.25) is 0 Å². The third-order valence-electron chi connectivity index (χ3n) is 3.72. The molecule has 4 nitrogen and oxygen atoms in total. The van der Waals surface area contributed by atoms with Crippen LogP contribution >= 0.6 is 15.9 Å². The van der Waals surface area contributed by atoms with E-state index in [0.717, 1.165) is 37.4 Å². The van der Waals surface area contributed by atoms with E-state index in [1.54, 1.807) is 8.61 Å². The second-order valence-electron chi connectivity index (χ2n) is 4.85. The van der Waals surface area contributed by atoms with Crippen LogP contribution in [-0.2, 0) is 10.2 Å². The molecule has 1 heterocycles. The molecule has 0 radical (unpaired) electrons. The maximum atomic E-state index is 12.5. The predicted octanol–water partition coefficient (Wildman–Crippen LogP) is 1.97. The van der Waals surface area contributed by atoms with Gasteiger partial charge >= 0.3 is 0 Å². The predicted molar refractivity (Wildman–Crippen MR) is 72.5 cm³/mol. The van der Waals surface area contributed by atoms with E-state index < -0.39 is 10.2 Å². The molecule has 0 aromatic carbocycles. The molecule has 0 bridgehead atoms. The molecule has 2 rings (SSSR count). The highest BCUT2D eigenvalue weighted by molar-refractivity contribution is 9.09. The average Bonchev–Trinajstić information content (AvgIpc) is 2.27. The van der Waals surface area contributed by atoms with E-state index in [0.29, 0.717) is 19.6 Å². The molecule has 2 aliphatic rings. The zero-order valence-electron chi connectivity index (χ0n) is 10.1. The van der Waals surface area contributed by atoms with Crippen molar-refractivity contribution in [1.82, 2.24) is 8.61 Å². The first-order valence-corrected chi connectivity index (χ1v) is 9.01. The quantitative estimate of drug-likeness (QED) is 0.725. The van der Waals surface area contributed by atoms with Gasteiger partial charge in [0.05, 0.1) is 0 Å². The van der Waals surface area contributed by atoms with Crippen LogP contribution in [-0.4, -0.2) is 48.0 Å². The van der Waals surface area contributed by atoms with Crippen molar-refractivity contribution in [3.8, 4) is 0 Å². The second-order valence-corrected chi connectivity index (χ2v) is 7.53. The number of piperidine rings is 1. The largest absolute Gasteiger partial charge is 0.282 e. The summed E-state index contributed by atoms with van der Waals surface area (Å²) in [6, 6.07) is 0.250. The number of hydrogen-bond donors (Lipinski definition) is 0. The number of alkyl halides is 1. The van der Waals surface area contributed by atoms with Crippen LogP contribution in [0.3, 0.4) is 0 Å². The van der Waals surface area contributed by atoms with Crippen LogP contribution in [0.15, 0.2) is 0 Å². The van der Waals surface area contributed by atoms with E-state index in [-0.39, 0.29) is 6.04 Å². The van der Waals surface area contributed by atoms with Crippen LogP contribution in [0.2, 0.25) is 0 Å². The van der Waals surface area contributed by atoms with Gasteiger partial charge in [-0.2, -0.15) is 17.0 Å². The van der Waals surface area contributed by atoms with Gasteiger partial charge in [0.25, 0.3) is 10.2 Å². The van der Waals surface area contributed by atoms with E-state index in [1.165, 1.54) is 6.42 Å². The number of hydrogen-bond acceptors (Lipinski definition) is 2. The van der Waals surface area contributed by atoms with Crippen molar-refractivity contribution in [3.05, 3.63) is 0 Å². The Bertz CT molecular complexity index is 337. The summed E-state index contributed by atoms with van der Waals surface area (Å²) in [5.41, 5.74) is 0. The molecule has 17 heavy (non-hydrogen) atoms. The molecule has 0 aromatic rings. The molecule has 0 amide bonds. The smallest absolute Gasteiger partial charge is 0.195 e. The molecule has 1 saturated carbocycles. The minimum atomic E-state index is -3.21. The highest BCUT2D eigenvalue weighted by Crippen LogP contribution is 2.29. The number of halogens is 1. The maximum absolute atomic E-state index is 12.5. The summed E-state index contributed by atoms with van der Waals surface area (Å²) in [6.45, 7) is 2.01. The van der Waals surface area contributed by atoms with Gasteiger partial charge in [0, 0.05) is 31.0 Å². The normalized spacial score (nSPS) is 23.9. The van der Waals surface area contributed by atoms with E-state index >= 15 is 0 Å². The Morgan fingerprint density at radius 2 is 1.76 bits per heavy atom. The Balaban J connectivity index is 2.08. The molecule has 100 valence electrons. The molecule has 1 aliphatic carbocycles. The molecule has 1 aliphatic heterocycles. The SMILES string of the molecule is O=S(=O)(N1CCCCC1)N(CCBr)C1CCC1. The topological polar surface area (TPSA) is 40.6 Å². The van der Waals surface area contributed by atoms with Crippen LogP contribution < -0.4 is 0 Å². The Labute approximate surface area is 113 Å². The highest BCUT2D eigenvalue weighted by Gasteiger charge is 2.37. The summed E-state index contributed by atoms with van der Waals surface area (Å²) >= 11 is 3.36. The lowest BCUT2D eigenvalue weighted by molar-refractivity contribution is 0.206. The number of rotatable bonds is 5. The Morgan fingerprint density at radius 1 is 1.12 bits per heavy atom. The van der Waals surface area contributed by atoms with Crippen molar-refractivity contribution in [2.75, 3.05) is 25.0 Å². The van der Waals surface area contributed by atoms with Crippen LogP contribution in [0.4, 0.5) is 0 Å². The third-order valence-corrected chi connectivity index (χ3v) is 6.17. The van der Waals surface area contributed by atoms with Crippen molar-refractivity contribution in [3.63, 3.8) is 0 Å². The second kappa shape index (κ2) is 5.99. The first-order chi connectivity index (χ1) is 8.16. The van der Waals surface area contributed by atoms with Gasteiger partial charge in [-0.25, -0.2) is 0 Å². The van der Waals surface area contributed by atoms with Gasteiger partial charge in [-0.3, -0.25) is 0 Å². The van der Waals surface area contributed by atoms with E-state index in [9.17, 15) is 8.42 Å². The molecule has 0 spiro atoms. The van der Waals surface area contributed by atoms with Crippen molar-refractivity contribution < 1.29 is 8.42 Å². The lowest BCUT2D eigenvalue weighted by atomic mass is 9.93. The van der Waals surface area contributed by atoms with Gasteiger partial charge in [-0.1, -0.05) is 28.8 Å². The van der Waals surface area contributed by atoms with Crippen LogP contribution in [0, 0.1) is 0 Å². The monoisotopic (exact) mass is 324 g/mol. The summed E-state index contributed by atoms with van der Waals surface area (Å²) < 4.78 is 28.5. The van der Waals surface area contributed by atoms with Gasteiger partial charge in [-0.15, -0.1) is 0 Å². The van der Waals surface area contributed by atoms with Crippen molar-refractivity contribution in [2.24, 2.45) is 0 Å². The van der Waals surface area contributed by atoms with Gasteiger partial charge in [0.1, 0.15) is 0 Å². The van der Waals surface area contributed by atoms with Crippen LogP contribution in [0.1, 0.15) is 38.5 Å². The van der Waals surface area contributed by atoms with Crippen LogP contribution in [0.25, 0.3) is 0 Å². The molecule has 0 atom stereocenters. The van der Waals surface area contributed by atoms with E-state index in [4.69, 9.17) is 0 Å². The summed E-state index contributed by atoms with van der Waals surface area (Å²) in [5, 5.41) is 0.719. The lowest BCUT2D eigenvalue weighted by Crippen LogP contribution is -2.52. The molecular formula is C11H21BrN2O2S. The molecule has 2 fully saturated rings. The van der Waals surface area contributed by atoms with E-state index in [1.807, 2.05) is 0 Å². The van der Waals surface area contributed by atoms with Crippen molar-refractivity contribution >= 4 is 26.1 Å². The fourth-order valence-corrected chi connectivity index (χ4v) is 5.03. The summed E-state index contributed by atoms with van der Waals surface area (Å²) in [4.78, 5) is 0.